The van der Waals surface area contributed by atoms with Crippen LogP contribution >= 0.6 is 0 Å². The third kappa shape index (κ3) is 4.09. The Kier molecular flexibility index (Phi) is 5.54. The normalized spacial score (nSPS) is 9.86. The zero-order valence-corrected chi connectivity index (χ0v) is 12.5. The molecule has 0 radical (unpaired) electrons. The van der Waals surface area contributed by atoms with E-state index in [0.717, 1.165) is 17.0 Å². The van der Waals surface area contributed by atoms with Gasteiger partial charge in [-0.25, -0.2) is 4.98 Å². The number of hydrogen-bond acceptors (Lipinski definition) is 4. The molecular weight excluding hydrogens is 278 g/mol. The van der Waals surface area contributed by atoms with Crippen LogP contribution in [0.25, 0.3) is 0 Å². The van der Waals surface area contributed by atoms with Crippen molar-refractivity contribution in [1.82, 2.24) is 10.3 Å². The van der Waals surface area contributed by atoms with E-state index in [1.807, 2.05) is 30.3 Å². The number of rotatable bonds is 7. The maximum Gasteiger partial charge on any atom is 0.270 e. The number of carbonyl (C=O) groups excluding carboxylic acids is 1. The first-order chi connectivity index (χ1) is 10.7. The number of pyridine rings is 1. The Labute approximate surface area is 130 Å². The van der Waals surface area contributed by atoms with E-state index >= 15 is 0 Å². The Hall–Kier alpha value is -2.82. The molecule has 0 unspecified atom stereocenters. The summed E-state index contributed by atoms with van der Waals surface area (Å²) in [4.78, 5) is 16.2. The molecule has 1 aromatic carbocycles. The molecule has 5 nitrogen and oxygen atoms in total. The summed E-state index contributed by atoms with van der Waals surface area (Å²) >= 11 is 0. The first-order valence-corrected chi connectivity index (χ1v) is 6.95. The Morgan fingerprint density at radius 1 is 1.32 bits per heavy atom. The van der Waals surface area contributed by atoms with Crippen molar-refractivity contribution in [3.8, 4) is 5.75 Å². The summed E-state index contributed by atoms with van der Waals surface area (Å²) in [5.41, 5.74) is 2.14. The van der Waals surface area contributed by atoms with Gasteiger partial charge in [0.15, 0.2) is 0 Å². The van der Waals surface area contributed by atoms with Crippen molar-refractivity contribution in [2.75, 3.05) is 19.0 Å². The summed E-state index contributed by atoms with van der Waals surface area (Å²) in [7, 11) is 1.61. The first-order valence-electron chi connectivity index (χ1n) is 6.95. The van der Waals surface area contributed by atoms with Crippen LogP contribution in [-0.4, -0.2) is 24.5 Å². The Morgan fingerprint density at radius 2 is 2.14 bits per heavy atom. The van der Waals surface area contributed by atoms with Gasteiger partial charge in [0.2, 0.25) is 0 Å². The SMILES string of the molecule is C=CCNc1ccc(C(=O)NCc2ccccc2OC)nc1. The van der Waals surface area contributed by atoms with Crippen LogP contribution in [0.2, 0.25) is 0 Å². The van der Waals surface area contributed by atoms with Crippen molar-refractivity contribution in [3.05, 3.63) is 66.5 Å². The highest BCUT2D eigenvalue weighted by atomic mass is 16.5. The molecule has 2 aromatic rings. The number of anilines is 1. The summed E-state index contributed by atoms with van der Waals surface area (Å²) in [5, 5.41) is 5.94. The van der Waals surface area contributed by atoms with E-state index in [1.54, 1.807) is 25.4 Å². The van der Waals surface area contributed by atoms with Crippen molar-refractivity contribution in [3.63, 3.8) is 0 Å². The standard InChI is InChI=1S/C17H19N3O2/c1-3-10-18-14-8-9-15(19-12-14)17(21)20-11-13-6-4-5-7-16(13)22-2/h3-9,12,18H,1,10-11H2,2H3,(H,20,21). The van der Waals surface area contributed by atoms with Gasteiger partial charge in [-0.15, -0.1) is 6.58 Å². The van der Waals surface area contributed by atoms with Crippen LogP contribution in [0.3, 0.4) is 0 Å². The number of amides is 1. The largest absolute Gasteiger partial charge is 0.496 e. The molecule has 0 spiro atoms. The van der Waals surface area contributed by atoms with Crippen LogP contribution in [0.5, 0.6) is 5.75 Å². The fourth-order valence-corrected chi connectivity index (χ4v) is 1.94. The number of methoxy groups -OCH3 is 1. The molecule has 5 heteroatoms. The van der Waals surface area contributed by atoms with Gasteiger partial charge >= 0.3 is 0 Å². The van der Waals surface area contributed by atoms with E-state index in [2.05, 4.69) is 22.2 Å². The Balaban J connectivity index is 1.95. The fourth-order valence-electron chi connectivity index (χ4n) is 1.94. The highest BCUT2D eigenvalue weighted by Gasteiger charge is 2.08. The van der Waals surface area contributed by atoms with Crippen molar-refractivity contribution < 1.29 is 9.53 Å². The average Bonchev–Trinajstić information content (AvgIpc) is 2.58. The molecule has 114 valence electrons. The van der Waals surface area contributed by atoms with Gasteiger partial charge in [-0.2, -0.15) is 0 Å². The van der Waals surface area contributed by atoms with Gasteiger partial charge in [0.05, 0.1) is 19.0 Å². The number of carbonyl (C=O) groups is 1. The average molecular weight is 297 g/mol. The number of para-hydroxylation sites is 1. The van der Waals surface area contributed by atoms with Crippen molar-refractivity contribution in [1.29, 1.82) is 0 Å². The monoisotopic (exact) mass is 297 g/mol. The summed E-state index contributed by atoms with van der Waals surface area (Å²) in [6.07, 6.45) is 3.38. The highest BCUT2D eigenvalue weighted by molar-refractivity contribution is 5.92. The molecule has 0 atom stereocenters. The van der Waals surface area contributed by atoms with Gasteiger partial charge < -0.3 is 15.4 Å². The zero-order valence-electron chi connectivity index (χ0n) is 12.5. The molecule has 0 aliphatic carbocycles. The van der Waals surface area contributed by atoms with E-state index in [4.69, 9.17) is 4.74 Å². The van der Waals surface area contributed by atoms with E-state index in [9.17, 15) is 4.79 Å². The molecule has 1 heterocycles. The Morgan fingerprint density at radius 3 is 2.82 bits per heavy atom. The predicted octanol–water partition coefficient (Wildman–Crippen LogP) is 2.62. The van der Waals surface area contributed by atoms with Crippen molar-refractivity contribution >= 4 is 11.6 Å². The number of hydrogen-bond donors (Lipinski definition) is 2. The summed E-state index contributed by atoms with van der Waals surface area (Å²) in [6.45, 7) is 4.68. The molecule has 2 N–H and O–H groups in total. The quantitative estimate of drug-likeness (QED) is 0.771. The molecule has 2 rings (SSSR count). The van der Waals surface area contributed by atoms with Gasteiger partial charge in [-0.3, -0.25) is 4.79 Å². The van der Waals surface area contributed by atoms with Crippen LogP contribution in [-0.2, 0) is 6.54 Å². The molecule has 0 saturated heterocycles. The second-order valence-electron chi connectivity index (χ2n) is 4.60. The molecule has 0 fully saturated rings. The van der Waals surface area contributed by atoms with Crippen LogP contribution in [0.1, 0.15) is 16.1 Å². The maximum absolute atomic E-state index is 12.1. The van der Waals surface area contributed by atoms with Gasteiger partial charge in [0.25, 0.3) is 5.91 Å². The lowest BCUT2D eigenvalue weighted by Gasteiger charge is -2.09. The molecule has 1 aromatic heterocycles. The third-order valence-electron chi connectivity index (χ3n) is 3.08. The highest BCUT2D eigenvalue weighted by Crippen LogP contribution is 2.16. The second-order valence-corrected chi connectivity index (χ2v) is 4.60. The number of benzene rings is 1. The van der Waals surface area contributed by atoms with Crippen LogP contribution < -0.4 is 15.4 Å². The minimum absolute atomic E-state index is 0.221. The van der Waals surface area contributed by atoms with E-state index in [-0.39, 0.29) is 5.91 Å². The predicted molar refractivity (Wildman–Crippen MR) is 87.1 cm³/mol. The van der Waals surface area contributed by atoms with E-state index < -0.39 is 0 Å². The lowest BCUT2D eigenvalue weighted by molar-refractivity contribution is 0.0946. The van der Waals surface area contributed by atoms with Gasteiger partial charge in [0.1, 0.15) is 11.4 Å². The maximum atomic E-state index is 12.1. The first kappa shape index (κ1) is 15.6. The van der Waals surface area contributed by atoms with Crippen molar-refractivity contribution in [2.24, 2.45) is 0 Å². The number of aromatic nitrogens is 1. The fraction of sp³-hybridized carbons (Fsp3) is 0.176. The van der Waals surface area contributed by atoms with Crippen molar-refractivity contribution in [2.45, 2.75) is 6.54 Å². The summed E-state index contributed by atoms with van der Waals surface area (Å²) in [5.74, 6) is 0.529. The van der Waals surface area contributed by atoms with Gasteiger partial charge in [0, 0.05) is 18.7 Å². The third-order valence-corrected chi connectivity index (χ3v) is 3.08. The lowest BCUT2D eigenvalue weighted by Crippen LogP contribution is -2.24. The topological polar surface area (TPSA) is 63.2 Å². The van der Waals surface area contributed by atoms with Gasteiger partial charge in [-0.05, 0) is 18.2 Å². The van der Waals surface area contributed by atoms with Gasteiger partial charge in [-0.1, -0.05) is 24.3 Å². The van der Waals surface area contributed by atoms with Crippen LogP contribution in [0, 0.1) is 0 Å². The summed E-state index contributed by atoms with van der Waals surface area (Å²) < 4.78 is 5.25. The Bertz CT molecular complexity index is 639. The molecule has 0 aliphatic heterocycles. The molecule has 0 aliphatic rings. The lowest BCUT2D eigenvalue weighted by atomic mass is 10.2. The number of nitrogens with zero attached hydrogens (tertiary/aromatic N) is 1. The smallest absolute Gasteiger partial charge is 0.270 e. The minimum Gasteiger partial charge on any atom is -0.496 e. The number of ether oxygens (including phenoxy) is 1. The molecular formula is C17H19N3O2. The second kappa shape index (κ2) is 7.83. The minimum atomic E-state index is -0.221. The zero-order chi connectivity index (χ0) is 15.8. The van der Waals surface area contributed by atoms with E-state index in [0.29, 0.717) is 18.8 Å². The number of nitrogens with one attached hydrogen (secondary N) is 2. The molecule has 0 bridgehead atoms. The van der Waals surface area contributed by atoms with Crippen LogP contribution in [0.4, 0.5) is 5.69 Å². The summed E-state index contributed by atoms with van der Waals surface area (Å²) in [6, 6.07) is 11.1. The van der Waals surface area contributed by atoms with Crippen LogP contribution in [0.15, 0.2) is 55.3 Å². The molecule has 22 heavy (non-hydrogen) atoms. The molecule has 0 saturated carbocycles. The molecule has 1 amide bonds. The van der Waals surface area contributed by atoms with E-state index in [1.165, 1.54) is 0 Å².